The third-order valence-electron chi connectivity index (χ3n) is 2.45. The first-order valence-electron chi connectivity index (χ1n) is 5.71. The van der Waals surface area contributed by atoms with Gasteiger partial charge in [-0.15, -0.1) is 0 Å². The van der Waals surface area contributed by atoms with E-state index in [-0.39, 0.29) is 0 Å². The van der Waals surface area contributed by atoms with Crippen molar-refractivity contribution >= 4 is 21.9 Å². The SMILES string of the molecule is CCCOCCC(C(=O)O)c1cccc(Br)c1. The summed E-state index contributed by atoms with van der Waals surface area (Å²) >= 11 is 3.35. The van der Waals surface area contributed by atoms with Gasteiger partial charge in [0.25, 0.3) is 0 Å². The van der Waals surface area contributed by atoms with E-state index >= 15 is 0 Å². The molecule has 0 radical (unpaired) electrons. The molecule has 1 rings (SSSR count). The monoisotopic (exact) mass is 300 g/mol. The molecule has 94 valence electrons. The molecule has 17 heavy (non-hydrogen) atoms. The van der Waals surface area contributed by atoms with Gasteiger partial charge in [-0.25, -0.2) is 0 Å². The largest absolute Gasteiger partial charge is 0.481 e. The van der Waals surface area contributed by atoms with Gasteiger partial charge in [-0.2, -0.15) is 0 Å². The maximum atomic E-state index is 11.2. The van der Waals surface area contributed by atoms with Crippen LogP contribution in [0.4, 0.5) is 0 Å². The van der Waals surface area contributed by atoms with Crippen molar-refractivity contribution in [2.45, 2.75) is 25.7 Å². The van der Waals surface area contributed by atoms with Crippen molar-refractivity contribution in [3.63, 3.8) is 0 Å². The van der Waals surface area contributed by atoms with E-state index in [1.807, 2.05) is 31.2 Å². The van der Waals surface area contributed by atoms with Crippen LogP contribution in [0.3, 0.4) is 0 Å². The van der Waals surface area contributed by atoms with Crippen LogP contribution in [0.15, 0.2) is 28.7 Å². The number of carboxylic acid groups (broad SMARTS) is 1. The first-order chi connectivity index (χ1) is 8.15. The van der Waals surface area contributed by atoms with Crippen LogP contribution in [0, 0.1) is 0 Å². The topological polar surface area (TPSA) is 46.5 Å². The fraction of sp³-hybridized carbons (Fsp3) is 0.462. The average Bonchev–Trinajstić information content (AvgIpc) is 2.28. The number of aliphatic carboxylic acids is 1. The summed E-state index contributed by atoms with van der Waals surface area (Å²) in [6, 6.07) is 7.42. The Morgan fingerprint density at radius 2 is 2.24 bits per heavy atom. The highest BCUT2D eigenvalue weighted by Crippen LogP contribution is 2.23. The first-order valence-corrected chi connectivity index (χ1v) is 6.50. The minimum absolute atomic E-state index is 0.483. The number of halogens is 1. The van der Waals surface area contributed by atoms with Gasteiger partial charge in [-0.05, 0) is 30.5 Å². The van der Waals surface area contributed by atoms with Crippen LogP contribution in [-0.4, -0.2) is 24.3 Å². The van der Waals surface area contributed by atoms with Gasteiger partial charge in [0.2, 0.25) is 0 Å². The third-order valence-corrected chi connectivity index (χ3v) is 2.94. The standard InChI is InChI=1S/C13H17BrO3/c1-2-7-17-8-6-12(13(15)16)10-4-3-5-11(14)9-10/h3-5,9,12H,2,6-8H2,1H3,(H,15,16). The fourth-order valence-corrected chi connectivity index (χ4v) is 2.02. The molecule has 0 aromatic heterocycles. The molecule has 0 spiro atoms. The number of carbonyl (C=O) groups is 1. The Morgan fingerprint density at radius 3 is 2.82 bits per heavy atom. The van der Waals surface area contributed by atoms with Gasteiger partial charge in [0.05, 0.1) is 5.92 Å². The van der Waals surface area contributed by atoms with E-state index in [0.29, 0.717) is 19.6 Å². The van der Waals surface area contributed by atoms with Gasteiger partial charge in [0.15, 0.2) is 0 Å². The van der Waals surface area contributed by atoms with Gasteiger partial charge in [0.1, 0.15) is 0 Å². The van der Waals surface area contributed by atoms with Crippen LogP contribution in [0.2, 0.25) is 0 Å². The average molecular weight is 301 g/mol. The Bertz CT molecular complexity index is 365. The van der Waals surface area contributed by atoms with Crippen molar-refractivity contribution < 1.29 is 14.6 Å². The number of carboxylic acids is 1. The Hall–Kier alpha value is -0.870. The van der Waals surface area contributed by atoms with Crippen molar-refractivity contribution in [1.29, 1.82) is 0 Å². The van der Waals surface area contributed by atoms with Crippen LogP contribution in [0.1, 0.15) is 31.2 Å². The lowest BCUT2D eigenvalue weighted by atomic mass is 9.96. The predicted molar refractivity (Wildman–Crippen MR) is 70.2 cm³/mol. The molecule has 0 aliphatic heterocycles. The van der Waals surface area contributed by atoms with Gasteiger partial charge in [-0.1, -0.05) is 35.0 Å². The molecule has 0 saturated heterocycles. The Kier molecular flexibility index (Phi) is 6.22. The summed E-state index contributed by atoms with van der Waals surface area (Å²) in [5.74, 6) is -1.30. The van der Waals surface area contributed by atoms with E-state index in [1.54, 1.807) is 0 Å². The molecule has 1 aromatic rings. The highest BCUT2D eigenvalue weighted by atomic mass is 79.9. The number of rotatable bonds is 7. The summed E-state index contributed by atoms with van der Waals surface area (Å²) in [7, 11) is 0. The Balaban J connectivity index is 2.63. The van der Waals surface area contributed by atoms with E-state index in [1.165, 1.54) is 0 Å². The molecule has 0 amide bonds. The van der Waals surface area contributed by atoms with Crippen LogP contribution >= 0.6 is 15.9 Å². The molecule has 1 aromatic carbocycles. The molecule has 0 bridgehead atoms. The molecule has 0 aliphatic rings. The van der Waals surface area contributed by atoms with Crippen molar-refractivity contribution in [2.24, 2.45) is 0 Å². The molecular formula is C13H17BrO3. The van der Waals surface area contributed by atoms with Gasteiger partial charge in [0, 0.05) is 17.7 Å². The second kappa shape index (κ2) is 7.45. The second-order valence-electron chi connectivity index (χ2n) is 3.85. The second-order valence-corrected chi connectivity index (χ2v) is 4.76. The summed E-state index contributed by atoms with van der Waals surface area (Å²) < 4.78 is 6.24. The van der Waals surface area contributed by atoms with Gasteiger partial charge < -0.3 is 9.84 Å². The van der Waals surface area contributed by atoms with Crippen LogP contribution in [0.5, 0.6) is 0 Å². The molecule has 1 atom stereocenters. The molecule has 1 unspecified atom stereocenters. The maximum Gasteiger partial charge on any atom is 0.311 e. The molecule has 0 heterocycles. The highest BCUT2D eigenvalue weighted by molar-refractivity contribution is 9.10. The maximum absolute atomic E-state index is 11.2. The zero-order chi connectivity index (χ0) is 12.7. The number of hydrogen-bond donors (Lipinski definition) is 1. The van der Waals surface area contributed by atoms with E-state index in [4.69, 9.17) is 4.74 Å². The van der Waals surface area contributed by atoms with E-state index in [0.717, 1.165) is 16.5 Å². The lowest BCUT2D eigenvalue weighted by molar-refractivity contribution is -0.139. The summed E-state index contributed by atoms with van der Waals surface area (Å²) in [5.41, 5.74) is 0.812. The minimum Gasteiger partial charge on any atom is -0.481 e. The van der Waals surface area contributed by atoms with Crippen molar-refractivity contribution in [3.05, 3.63) is 34.3 Å². The molecule has 0 aliphatic carbocycles. The fourth-order valence-electron chi connectivity index (χ4n) is 1.60. The van der Waals surface area contributed by atoms with Crippen molar-refractivity contribution in [2.75, 3.05) is 13.2 Å². The van der Waals surface area contributed by atoms with E-state index in [9.17, 15) is 9.90 Å². The minimum atomic E-state index is -0.803. The van der Waals surface area contributed by atoms with Gasteiger partial charge >= 0.3 is 5.97 Å². The van der Waals surface area contributed by atoms with Gasteiger partial charge in [-0.3, -0.25) is 4.79 Å². The van der Waals surface area contributed by atoms with Crippen LogP contribution in [-0.2, 0) is 9.53 Å². The molecule has 0 fully saturated rings. The lowest BCUT2D eigenvalue weighted by Gasteiger charge is -2.13. The molecular weight excluding hydrogens is 284 g/mol. The number of benzene rings is 1. The summed E-state index contributed by atoms with van der Waals surface area (Å²) in [5, 5.41) is 9.20. The smallest absolute Gasteiger partial charge is 0.311 e. The van der Waals surface area contributed by atoms with E-state index in [2.05, 4.69) is 15.9 Å². The van der Waals surface area contributed by atoms with Crippen LogP contribution in [0.25, 0.3) is 0 Å². The molecule has 3 nitrogen and oxygen atoms in total. The zero-order valence-corrected chi connectivity index (χ0v) is 11.4. The number of ether oxygens (including phenoxy) is 1. The van der Waals surface area contributed by atoms with Crippen molar-refractivity contribution in [1.82, 2.24) is 0 Å². The zero-order valence-electron chi connectivity index (χ0n) is 9.86. The van der Waals surface area contributed by atoms with E-state index < -0.39 is 11.9 Å². The summed E-state index contributed by atoms with van der Waals surface area (Å²) in [4.78, 5) is 11.2. The Morgan fingerprint density at radius 1 is 1.47 bits per heavy atom. The molecule has 4 heteroatoms. The predicted octanol–water partition coefficient (Wildman–Crippen LogP) is 3.43. The summed E-state index contributed by atoms with van der Waals surface area (Å²) in [6.45, 7) is 3.20. The van der Waals surface area contributed by atoms with Crippen LogP contribution < -0.4 is 0 Å². The molecule has 1 N–H and O–H groups in total. The highest BCUT2D eigenvalue weighted by Gasteiger charge is 2.19. The normalized spacial score (nSPS) is 12.4. The Labute approximate surface area is 110 Å². The quantitative estimate of drug-likeness (QED) is 0.785. The number of hydrogen-bond acceptors (Lipinski definition) is 2. The first kappa shape index (κ1) is 14.2. The molecule has 0 saturated carbocycles. The lowest BCUT2D eigenvalue weighted by Crippen LogP contribution is -2.14. The van der Waals surface area contributed by atoms with Crippen molar-refractivity contribution in [3.8, 4) is 0 Å². The third kappa shape index (κ3) is 4.88. The summed E-state index contributed by atoms with van der Waals surface area (Å²) in [6.07, 6.45) is 1.46.